The van der Waals surface area contributed by atoms with Crippen molar-refractivity contribution >= 4 is 45.2 Å². The molecule has 7 heteroatoms. The second kappa shape index (κ2) is 8.98. The van der Waals surface area contributed by atoms with Crippen LogP contribution in [0, 0.1) is 0 Å². The van der Waals surface area contributed by atoms with E-state index < -0.39 is 5.41 Å². The van der Waals surface area contributed by atoms with Gasteiger partial charge in [0.15, 0.2) is 0 Å². The molecule has 1 heterocycles. The first kappa shape index (κ1) is 21.2. The number of urea groups is 1. The number of hydrogen-bond donors (Lipinski definition) is 1. The minimum absolute atomic E-state index is 0.155. The fourth-order valence-corrected chi connectivity index (χ4v) is 4.77. The molecular weight excluding hydrogens is 466 g/mol. The summed E-state index contributed by atoms with van der Waals surface area (Å²) in [5.74, 6) is 0.202. The fourth-order valence-electron chi connectivity index (χ4n) is 4.32. The molecule has 0 unspecified atom stereocenters. The molecule has 0 spiro atoms. The van der Waals surface area contributed by atoms with Gasteiger partial charge in [0.25, 0.3) is 0 Å². The molecule has 1 saturated carbocycles. The Labute approximate surface area is 190 Å². The van der Waals surface area contributed by atoms with Gasteiger partial charge in [0.05, 0.1) is 5.41 Å². The third-order valence-electron chi connectivity index (χ3n) is 6.16. The lowest BCUT2D eigenvalue weighted by atomic mass is 9.63. The van der Waals surface area contributed by atoms with Crippen LogP contribution in [0.5, 0.6) is 0 Å². The number of nitrogens with zero attached hydrogens (tertiary/aromatic N) is 2. The van der Waals surface area contributed by atoms with Crippen LogP contribution in [-0.2, 0) is 10.2 Å². The average molecular weight is 491 g/mol. The molecular formula is C23H25BrClN3O2. The molecule has 0 radical (unpaired) electrons. The Morgan fingerprint density at radius 1 is 0.933 bits per heavy atom. The molecule has 0 atom stereocenters. The summed E-state index contributed by atoms with van der Waals surface area (Å²) in [5.41, 5.74) is 1.37. The van der Waals surface area contributed by atoms with E-state index in [0.29, 0.717) is 36.9 Å². The zero-order valence-electron chi connectivity index (χ0n) is 16.7. The van der Waals surface area contributed by atoms with Crippen molar-refractivity contribution in [3.63, 3.8) is 0 Å². The van der Waals surface area contributed by atoms with E-state index in [4.69, 9.17) is 11.6 Å². The fraction of sp³-hybridized carbons (Fsp3) is 0.391. The minimum Gasteiger partial charge on any atom is -0.340 e. The van der Waals surface area contributed by atoms with Crippen molar-refractivity contribution in [3.05, 3.63) is 63.6 Å². The highest BCUT2D eigenvalue weighted by Gasteiger charge is 2.47. The summed E-state index contributed by atoms with van der Waals surface area (Å²) < 4.78 is 1.02. The zero-order chi connectivity index (χ0) is 21.1. The van der Waals surface area contributed by atoms with E-state index >= 15 is 0 Å². The Balaban J connectivity index is 1.41. The zero-order valence-corrected chi connectivity index (χ0v) is 19.1. The van der Waals surface area contributed by atoms with Crippen molar-refractivity contribution in [1.82, 2.24) is 9.80 Å². The van der Waals surface area contributed by atoms with Crippen molar-refractivity contribution in [2.24, 2.45) is 0 Å². The molecule has 2 aromatic rings. The van der Waals surface area contributed by atoms with Crippen LogP contribution in [-0.4, -0.2) is 47.9 Å². The Bertz CT molecular complexity index is 930. The predicted molar refractivity (Wildman–Crippen MR) is 123 cm³/mol. The molecule has 1 saturated heterocycles. The highest BCUT2D eigenvalue weighted by atomic mass is 79.9. The average Bonchev–Trinajstić information content (AvgIpc) is 2.95. The smallest absolute Gasteiger partial charge is 0.321 e. The van der Waals surface area contributed by atoms with Crippen molar-refractivity contribution in [3.8, 4) is 0 Å². The van der Waals surface area contributed by atoms with Crippen molar-refractivity contribution in [2.45, 2.75) is 31.1 Å². The normalized spacial score (nSPS) is 18.3. The molecule has 5 nitrogen and oxygen atoms in total. The first-order valence-electron chi connectivity index (χ1n) is 10.3. The van der Waals surface area contributed by atoms with Gasteiger partial charge in [0.1, 0.15) is 0 Å². The topological polar surface area (TPSA) is 52.7 Å². The van der Waals surface area contributed by atoms with Gasteiger partial charge in [-0.05, 0) is 55.2 Å². The summed E-state index contributed by atoms with van der Waals surface area (Å²) in [4.78, 5) is 29.9. The van der Waals surface area contributed by atoms with Crippen LogP contribution < -0.4 is 5.32 Å². The second-order valence-corrected chi connectivity index (χ2v) is 9.37. The molecule has 2 fully saturated rings. The third-order valence-corrected chi connectivity index (χ3v) is 6.92. The number of carbonyl (C=O) groups is 2. The summed E-state index contributed by atoms with van der Waals surface area (Å²) in [5, 5.41) is 3.49. The molecule has 1 aliphatic heterocycles. The number of amides is 3. The molecule has 158 valence electrons. The van der Waals surface area contributed by atoms with E-state index in [-0.39, 0.29) is 11.9 Å². The molecule has 3 amide bonds. The van der Waals surface area contributed by atoms with Crippen LogP contribution in [0.15, 0.2) is 53.0 Å². The molecule has 1 aliphatic carbocycles. The maximum absolute atomic E-state index is 13.5. The number of benzene rings is 2. The molecule has 2 aliphatic rings. The molecule has 4 rings (SSSR count). The maximum atomic E-state index is 13.5. The summed E-state index contributed by atoms with van der Waals surface area (Å²) in [6, 6.07) is 15.1. The van der Waals surface area contributed by atoms with Gasteiger partial charge < -0.3 is 15.1 Å². The second-order valence-electron chi connectivity index (χ2n) is 8.02. The van der Waals surface area contributed by atoms with E-state index in [9.17, 15) is 9.59 Å². The van der Waals surface area contributed by atoms with E-state index in [0.717, 1.165) is 35.7 Å². The van der Waals surface area contributed by atoms with Gasteiger partial charge in [-0.25, -0.2) is 4.79 Å². The standard InChI is InChI=1S/C23H25BrClN3O2/c24-18-8-6-17(7-9-18)23(10-2-11-23)21(29)27-12-3-13-28(15-14-27)22(30)26-20-5-1-4-19(25)16-20/h1,4-9,16H,2-3,10-15H2,(H,26,30). The molecule has 30 heavy (non-hydrogen) atoms. The Morgan fingerprint density at radius 2 is 1.63 bits per heavy atom. The van der Waals surface area contributed by atoms with Crippen LogP contribution in [0.2, 0.25) is 5.02 Å². The summed E-state index contributed by atoms with van der Waals surface area (Å²) in [7, 11) is 0. The number of carbonyl (C=O) groups excluding carboxylic acids is 2. The van der Waals surface area contributed by atoms with E-state index in [1.807, 2.05) is 23.1 Å². The molecule has 1 N–H and O–H groups in total. The predicted octanol–water partition coefficient (Wildman–Crippen LogP) is 5.29. The van der Waals surface area contributed by atoms with Crippen LogP contribution in [0.4, 0.5) is 10.5 Å². The van der Waals surface area contributed by atoms with Crippen LogP contribution >= 0.6 is 27.5 Å². The van der Waals surface area contributed by atoms with Gasteiger partial charge in [-0.15, -0.1) is 0 Å². The highest BCUT2D eigenvalue weighted by Crippen LogP contribution is 2.45. The number of anilines is 1. The van der Waals surface area contributed by atoms with Gasteiger partial charge in [-0.3, -0.25) is 4.79 Å². The number of hydrogen-bond acceptors (Lipinski definition) is 2. The molecule has 2 aromatic carbocycles. The SMILES string of the molecule is O=C(Nc1cccc(Cl)c1)N1CCCN(C(=O)C2(c3ccc(Br)cc3)CCC2)CC1. The third kappa shape index (κ3) is 4.35. The maximum Gasteiger partial charge on any atom is 0.321 e. The monoisotopic (exact) mass is 489 g/mol. The van der Waals surface area contributed by atoms with E-state index in [1.165, 1.54) is 0 Å². The number of nitrogens with one attached hydrogen (secondary N) is 1. The van der Waals surface area contributed by atoms with Gasteiger partial charge >= 0.3 is 6.03 Å². The van der Waals surface area contributed by atoms with E-state index in [1.54, 1.807) is 23.1 Å². The number of halogens is 2. The minimum atomic E-state index is -0.404. The lowest BCUT2D eigenvalue weighted by Gasteiger charge is -2.44. The first-order valence-corrected chi connectivity index (χ1v) is 11.5. The van der Waals surface area contributed by atoms with Crippen molar-refractivity contribution in [2.75, 3.05) is 31.5 Å². The van der Waals surface area contributed by atoms with Gasteiger partial charge in [0, 0.05) is 41.4 Å². The van der Waals surface area contributed by atoms with Crippen LogP contribution in [0.3, 0.4) is 0 Å². The van der Waals surface area contributed by atoms with Crippen molar-refractivity contribution in [1.29, 1.82) is 0 Å². The Hall–Kier alpha value is -2.05. The molecule has 0 bridgehead atoms. The van der Waals surface area contributed by atoms with Crippen molar-refractivity contribution < 1.29 is 9.59 Å². The number of rotatable bonds is 3. The van der Waals surface area contributed by atoms with Gasteiger partial charge in [-0.1, -0.05) is 52.2 Å². The van der Waals surface area contributed by atoms with E-state index in [2.05, 4.69) is 33.4 Å². The largest absolute Gasteiger partial charge is 0.340 e. The van der Waals surface area contributed by atoms with Gasteiger partial charge in [-0.2, -0.15) is 0 Å². The van der Waals surface area contributed by atoms with Crippen LogP contribution in [0.25, 0.3) is 0 Å². The van der Waals surface area contributed by atoms with Crippen LogP contribution in [0.1, 0.15) is 31.2 Å². The summed E-state index contributed by atoms with van der Waals surface area (Å²) >= 11 is 9.48. The quantitative estimate of drug-likeness (QED) is 0.635. The van der Waals surface area contributed by atoms with Gasteiger partial charge in [0.2, 0.25) is 5.91 Å². The highest BCUT2D eigenvalue weighted by molar-refractivity contribution is 9.10. The summed E-state index contributed by atoms with van der Waals surface area (Å²) in [6.45, 7) is 2.38. The Kier molecular flexibility index (Phi) is 6.34. The lowest BCUT2D eigenvalue weighted by Crippen LogP contribution is -2.52. The summed E-state index contributed by atoms with van der Waals surface area (Å²) in [6.07, 6.45) is 3.63. The first-order chi connectivity index (χ1) is 14.5. The Morgan fingerprint density at radius 3 is 2.30 bits per heavy atom. The lowest BCUT2D eigenvalue weighted by molar-refractivity contribution is -0.140. The molecule has 0 aromatic heterocycles.